The first-order chi connectivity index (χ1) is 8.71. The van der Waals surface area contributed by atoms with Crippen molar-refractivity contribution in [1.82, 2.24) is 0 Å². The molecule has 1 saturated carbocycles. The van der Waals surface area contributed by atoms with Crippen LogP contribution >= 0.6 is 0 Å². The van der Waals surface area contributed by atoms with E-state index in [4.69, 9.17) is 10.9 Å². The topological polar surface area (TPSA) is 98.2 Å². The molecule has 6 heteroatoms. The Balaban J connectivity index is 2.28. The summed E-state index contributed by atoms with van der Waals surface area (Å²) in [7, 11) is -3.74. The fourth-order valence-electron chi connectivity index (χ4n) is 2.45. The van der Waals surface area contributed by atoms with E-state index in [-0.39, 0.29) is 4.90 Å². The van der Waals surface area contributed by atoms with Crippen molar-refractivity contribution in [3.8, 4) is 0 Å². The molecule has 0 atom stereocenters. The Morgan fingerprint density at radius 2 is 2.00 bits per heavy atom. The standard InChI is InChI=1S/C13H21N3O2S/c1-9-11(16-8-13(2)4-3-5-13)6-10(14)7-12(9)19(15,17)18/h6-7,16H,3-5,8,14H2,1-2H3,(H2,15,17,18). The van der Waals surface area contributed by atoms with Crippen LogP contribution in [-0.4, -0.2) is 15.0 Å². The number of anilines is 2. The van der Waals surface area contributed by atoms with Crippen molar-refractivity contribution in [1.29, 1.82) is 0 Å². The van der Waals surface area contributed by atoms with Crippen LogP contribution in [0.3, 0.4) is 0 Å². The molecule has 0 spiro atoms. The maximum absolute atomic E-state index is 11.5. The van der Waals surface area contributed by atoms with Crippen molar-refractivity contribution in [2.24, 2.45) is 10.6 Å². The molecule has 2 rings (SSSR count). The minimum Gasteiger partial charge on any atom is -0.399 e. The molecule has 19 heavy (non-hydrogen) atoms. The molecule has 5 N–H and O–H groups in total. The average molecular weight is 283 g/mol. The highest BCUT2D eigenvalue weighted by molar-refractivity contribution is 7.89. The number of benzene rings is 1. The van der Waals surface area contributed by atoms with Gasteiger partial charge in [-0.2, -0.15) is 0 Å². The molecular weight excluding hydrogens is 262 g/mol. The van der Waals surface area contributed by atoms with Crippen LogP contribution in [0.4, 0.5) is 11.4 Å². The number of hydrogen-bond acceptors (Lipinski definition) is 4. The van der Waals surface area contributed by atoms with Crippen molar-refractivity contribution < 1.29 is 8.42 Å². The zero-order valence-electron chi connectivity index (χ0n) is 11.4. The molecule has 1 fully saturated rings. The van der Waals surface area contributed by atoms with Gasteiger partial charge in [-0.25, -0.2) is 13.6 Å². The molecule has 0 unspecified atom stereocenters. The Morgan fingerprint density at radius 1 is 1.37 bits per heavy atom. The first-order valence-corrected chi connectivity index (χ1v) is 7.93. The molecule has 5 nitrogen and oxygen atoms in total. The first-order valence-electron chi connectivity index (χ1n) is 6.38. The van der Waals surface area contributed by atoms with Gasteiger partial charge < -0.3 is 11.1 Å². The van der Waals surface area contributed by atoms with Gasteiger partial charge in [0.2, 0.25) is 10.0 Å². The second kappa shape index (κ2) is 4.68. The predicted octanol–water partition coefficient (Wildman–Crippen LogP) is 1.83. The highest BCUT2D eigenvalue weighted by Crippen LogP contribution is 2.40. The zero-order chi connectivity index (χ0) is 14.3. The van der Waals surface area contributed by atoms with Crippen LogP contribution in [0, 0.1) is 12.3 Å². The minimum atomic E-state index is -3.74. The van der Waals surface area contributed by atoms with E-state index in [2.05, 4.69) is 12.2 Å². The van der Waals surface area contributed by atoms with Gasteiger partial charge in [0.15, 0.2) is 0 Å². The van der Waals surface area contributed by atoms with Crippen LogP contribution in [0.15, 0.2) is 17.0 Å². The molecule has 0 heterocycles. The Hall–Kier alpha value is -1.27. The maximum atomic E-state index is 11.5. The summed E-state index contributed by atoms with van der Waals surface area (Å²) in [4.78, 5) is 0.0914. The number of hydrogen-bond donors (Lipinski definition) is 3. The van der Waals surface area contributed by atoms with Crippen LogP contribution in [0.1, 0.15) is 31.7 Å². The third-order valence-corrected chi connectivity index (χ3v) is 4.99. The molecule has 1 aliphatic carbocycles. The lowest BCUT2D eigenvalue weighted by Crippen LogP contribution is -2.33. The number of primary sulfonamides is 1. The normalized spacial score (nSPS) is 17.8. The largest absolute Gasteiger partial charge is 0.399 e. The number of nitrogens with two attached hydrogens (primary N) is 2. The van der Waals surface area contributed by atoms with E-state index in [0.29, 0.717) is 16.7 Å². The van der Waals surface area contributed by atoms with Gasteiger partial charge in [0.05, 0.1) is 4.90 Å². The van der Waals surface area contributed by atoms with Gasteiger partial charge in [-0.15, -0.1) is 0 Å². The van der Waals surface area contributed by atoms with Crippen molar-refractivity contribution in [3.05, 3.63) is 17.7 Å². The Morgan fingerprint density at radius 3 is 2.47 bits per heavy atom. The molecule has 1 aromatic carbocycles. The minimum absolute atomic E-state index is 0.0914. The third kappa shape index (κ3) is 3.01. The van der Waals surface area contributed by atoms with Gasteiger partial charge in [0, 0.05) is 17.9 Å². The number of nitrogen functional groups attached to an aromatic ring is 1. The summed E-state index contributed by atoms with van der Waals surface area (Å²) >= 11 is 0. The van der Waals surface area contributed by atoms with E-state index in [1.807, 2.05) is 0 Å². The predicted molar refractivity (Wildman–Crippen MR) is 77.4 cm³/mol. The van der Waals surface area contributed by atoms with Crippen molar-refractivity contribution in [3.63, 3.8) is 0 Å². The number of sulfonamides is 1. The Labute approximate surface area is 114 Å². The van der Waals surface area contributed by atoms with E-state index in [0.717, 1.165) is 12.2 Å². The summed E-state index contributed by atoms with van der Waals surface area (Å²) in [5, 5.41) is 8.51. The smallest absolute Gasteiger partial charge is 0.238 e. The summed E-state index contributed by atoms with van der Waals surface area (Å²) in [6.07, 6.45) is 3.66. The van der Waals surface area contributed by atoms with Crippen molar-refractivity contribution in [2.75, 3.05) is 17.6 Å². The second-order valence-electron chi connectivity index (χ2n) is 5.75. The molecule has 1 aromatic rings. The van der Waals surface area contributed by atoms with Crippen LogP contribution < -0.4 is 16.2 Å². The molecule has 106 valence electrons. The van der Waals surface area contributed by atoms with Gasteiger partial charge in [-0.3, -0.25) is 0 Å². The molecule has 0 radical (unpaired) electrons. The van der Waals surface area contributed by atoms with E-state index >= 15 is 0 Å². The summed E-state index contributed by atoms with van der Waals surface area (Å²) in [6.45, 7) is 4.79. The fraction of sp³-hybridized carbons (Fsp3) is 0.538. The monoisotopic (exact) mass is 283 g/mol. The van der Waals surface area contributed by atoms with Gasteiger partial charge in [-0.1, -0.05) is 13.3 Å². The average Bonchev–Trinajstić information content (AvgIpc) is 2.26. The molecule has 0 aromatic heterocycles. The lowest BCUT2D eigenvalue weighted by Gasteiger charge is -2.39. The lowest BCUT2D eigenvalue weighted by atomic mass is 9.70. The van der Waals surface area contributed by atoms with Gasteiger partial charge in [-0.05, 0) is 42.9 Å². The summed E-state index contributed by atoms with van der Waals surface area (Å²) in [5.41, 5.74) is 7.83. The van der Waals surface area contributed by atoms with Crippen molar-refractivity contribution in [2.45, 2.75) is 38.0 Å². The fourth-order valence-corrected chi connectivity index (χ4v) is 3.29. The molecule has 0 saturated heterocycles. The van der Waals surface area contributed by atoms with E-state index in [1.54, 1.807) is 13.0 Å². The zero-order valence-corrected chi connectivity index (χ0v) is 12.2. The molecule has 0 bridgehead atoms. The van der Waals surface area contributed by atoms with Crippen LogP contribution in [-0.2, 0) is 10.0 Å². The quantitative estimate of drug-likeness (QED) is 0.734. The first kappa shape index (κ1) is 14.1. The summed E-state index contributed by atoms with van der Waals surface area (Å²) < 4.78 is 23.0. The maximum Gasteiger partial charge on any atom is 0.238 e. The molecule has 0 aliphatic heterocycles. The SMILES string of the molecule is Cc1c(NCC2(C)CCC2)cc(N)cc1S(N)(=O)=O. The Kier molecular flexibility index (Phi) is 3.49. The van der Waals surface area contributed by atoms with E-state index < -0.39 is 10.0 Å². The van der Waals surface area contributed by atoms with Crippen LogP contribution in [0.25, 0.3) is 0 Å². The number of rotatable bonds is 4. The van der Waals surface area contributed by atoms with Gasteiger partial charge in [0.1, 0.15) is 0 Å². The van der Waals surface area contributed by atoms with Gasteiger partial charge >= 0.3 is 0 Å². The third-order valence-electron chi connectivity index (χ3n) is 3.96. The second-order valence-corrected chi connectivity index (χ2v) is 7.28. The number of nitrogens with one attached hydrogen (secondary N) is 1. The highest BCUT2D eigenvalue weighted by atomic mass is 32.2. The molecular formula is C13H21N3O2S. The molecule has 1 aliphatic rings. The Bertz CT molecular complexity index is 592. The lowest BCUT2D eigenvalue weighted by molar-refractivity contribution is 0.180. The van der Waals surface area contributed by atoms with Crippen LogP contribution in [0.5, 0.6) is 0 Å². The van der Waals surface area contributed by atoms with Crippen LogP contribution in [0.2, 0.25) is 0 Å². The van der Waals surface area contributed by atoms with E-state index in [9.17, 15) is 8.42 Å². The van der Waals surface area contributed by atoms with Crippen molar-refractivity contribution >= 4 is 21.4 Å². The van der Waals surface area contributed by atoms with E-state index in [1.165, 1.54) is 25.3 Å². The van der Waals surface area contributed by atoms with Gasteiger partial charge in [0.25, 0.3) is 0 Å². The summed E-state index contributed by atoms with van der Waals surface area (Å²) in [6, 6.07) is 3.16. The highest BCUT2D eigenvalue weighted by Gasteiger charge is 2.31. The summed E-state index contributed by atoms with van der Waals surface area (Å²) in [5.74, 6) is 0. The molecule has 0 amide bonds.